The molecule has 25 nitrogen and oxygen atoms in total. The van der Waals surface area contributed by atoms with E-state index in [1.54, 1.807) is 6.08 Å². The summed E-state index contributed by atoms with van der Waals surface area (Å²) in [6.07, 6.45) is 5.60. The van der Waals surface area contributed by atoms with Gasteiger partial charge in [-0.1, -0.05) is 206 Å². The van der Waals surface area contributed by atoms with Crippen LogP contribution in [-0.4, -0.2) is 246 Å². The number of amides is 2. The molecule has 4 rings (SSSR count). The van der Waals surface area contributed by atoms with Gasteiger partial charge in [0.2, 0.25) is 11.8 Å². The van der Waals surface area contributed by atoms with Crippen molar-refractivity contribution in [1.82, 2.24) is 10.6 Å². The Balaban J connectivity index is 1.34. The molecule has 4 aliphatic heterocycles. The van der Waals surface area contributed by atoms with E-state index in [-0.39, 0.29) is 12.3 Å². The van der Waals surface area contributed by atoms with Crippen LogP contribution >= 0.6 is 0 Å². The number of nitrogens with one attached hydrogen (secondary N) is 2. The average Bonchev–Trinajstić information content (AvgIpc) is 0.821. The zero-order valence-electron chi connectivity index (χ0n) is 54.9. The van der Waals surface area contributed by atoms with E-state index in [4.69, 9.17) is 37.9 Å². The van der Waals surface area contributed by atoms with Crippen LogP contribution in [0.15, 0.2) is 12.2 Å². The van der Waals surface area contributed by atoms with Crippen LogP contribution in [0.1, 0.15) is 226 Å². The fraction of sp³-hybridized carbons (Fsp3) is 0.939. The van der Waals surface area contributed by atoms with Gasteiger partial charge in [-0.05, 0) is 19.3 Å². The molecule has 8 unspecified atom stereocenters. The molecule has 4 heterocycles. The van der Waals surface area contributed by atoms with Crippen LogP contribution in [0.25, 0.3) is 0 Å². The van der Waals surface area contributed by atoms with Crippen molar-refractivity contribution in [3.63, 3.8) is 0 Å². The zero-order chi connectivity index (χ0) is 66.5. The van der Waals surface area contributed by atoms with Crippen molar-refractivity contribution in [1.29, 1.82) is 0 Å². The van der Waals surface area contributed by atoms with Crippen LogP contribution in [0.2, 0.25) is 0 Å². The van der Waals surface area contributed by atoms with Crippen LogP contribution < -0.4 is 10.6 Å². The molecule has 0 aromatic heterocycles. The Hall–Kier alpha value is -2.16. The molecule has 22 atom stereocenters. The maximum Gasteiger partial charge on any atom is 0.220 e. The van der Waals surface area contributed by atoms with Crippen molar-refractivity contribution in [3.8, 4) is 0 Å². The lowest BCUT2D eigenvalue weighted by Gasteiger charge is -2.50. The summed E-state index contributed by atoms with van der Waals surface area (Å²) in [5.74, 6) is -1.07. The van der Waals surface area contributed by atoms with E-state index in [2.05, 4.69) is 24.5 Å². The number of aliphatic hydroxyl groups excluding tert-OH is 13. The van der Waals surface area contributed by atoms with Crippen molar-refractivity contribution in [2.45, 2.75) is 361 Å². The lowest BCUT2D eigenvalue weighted by molar-refractivity contribution is -0.381. The van der Waals surface area contributed by atoms with Gasteiger partial charge >= 0.3 is 0 Å². The number of hydrogen-bond acceptors (Lipinski definition) is 23. The van der Waals surface area contributed by atoms with Crippen LogP contribution in [0.3, 0.4) is 0 Å². The third-order valence-electron chi connectivity index (χ3n) is 18.1. The minimum Gasteiger partial charge on any atom is -0.394 e. The fourth-order valence-corrected chi connectivity index (χ4v) is 12.4. The number of rotatable bonds is 49. The maximum absolute atomic E-state index is 13.5. The lowest BCUT2D eigenvalue weighted by atomic mass is 9.94. The molecule has 0 saturated carbocycles. The molecule has 0 spiro atoms. The van der Waals surface area contributed by atoms with Gasteiger partial charge in [-0.2, -0.15) is 0 Å². The molecule has 0 radical (unpaired) electrons. The first kappa shape index (κ1) is 81.3. The third-order valence-corrected chi connectivity index (χ3v) is 18.1. The van der Waals surface area contributed by atoms with E-state index >= 15 is 0 Å². The van der Waals surface area contributed by atoms with Gasteiger partial charge in [-0.25, -0.2) is 0 Å². The molecule has 534 valence electrons. The Kier molecular flexibility index (Phi) is 41.9. The van der Waals surface area contributed by atoms with Crippen LogP contribution in [0.4, 0.5) is 0 Å². The number of carbonyl (C=O) groups is 2. The predicted molar refractivity (Wildman–Crippen MR) is 335 cm³/mol. The summed E-state index contributed by atoms with van der Waals surface area (Å²) in [6, 6.07) is -2.68. The summed E-state index contributed by atoms with van der Waals surface area (Å²) in [4.78, 5) is 26.0. The van der Waals surface area contributed by atoms with Gasteiger partial charge in [0.1, 0.15) is 97.6 Å². The van der Waals surface area contributed by atoms with Gasteiger partial charge in [0.25, 0.3) is 0 Å². The molecule has 25 heteroatoms. The van der Waals surface area contributed by atoms with Crippen molar-refractivity contribution >= 4 is 11.8 Å². The summed E-state index contributed by atoms with van der Waals surface area (Å²) in [5.41, 5.74) is 0. The normalized spacial score (nSPS) is 32.9. The lowest BCUT2D eigenvalue weighted by Crippen LogP contribution is -2.69. The Morgan fingerprint density at radius 1 is 0.429 bits per heavy atom. The van der Waals surface area contributed by atoms with Crippen molar-refractivity contribution < 1.29 is 114 Å². The highest BCUT2D eigenvalue weighted by molar-refractivity contribution is 5.76. The molecule has 4 fully saturated rings. The largest absolute Gasteiger partial charge is 0.394 e. The first-order valence-corrected chi connectivity index (χ1v) is 34.9. The summed E-state index contributed by atoms with van der Waals surface area (Å²) < 4.78 is 46.7. The van der Waals surface area contributed by atoms with Gasteiger partial charge in [0.15, 0.2) is 25.2 Å². The molecular weight excluding hydrogens is 1190 g/mol. The monoisotopic (exact) mass is 1310 g/mol. The van der Waals surface area contributed by atoms with Gasteiger partial charge in [-0.3, -0.25) is 9.59 Å². The molecular formula is C66H122N2O23. The van der Waals surface area contributed by atoms with E-state index in [0.29, 0.717) is 12.8 Å². The third kappa shape index (κ3) is 28.4. The Labute approximate surface area is 540 Å². The highest BCUT2D eigenvalue weighted by atomic mass is 16.8. The minimum absolute atomic E-state index is 0.213. The summed E-state index contributed by atoms with van der Waals surface area (Å²) in [5, 5.41) is 147. The van der Waals surface area contributed by atoms with Crippen LogP contribution in [0, 0.1) is 0 Å². The van der Waals surface area contributed by atoms with E-state index < -0.39 is 174 Å². The average molecular weight is 1310 g/mol. The highest BCUT2D eigenvalue weighted by Crippen LogP contribution is 2.35. The van der Waals surface area contributed by atoms with Gasteiger partial charge in [-0.15, -0.1) is 0 Å². The number of unbranched alkanes of at least 4 members (excludes halogenated alkanes) is 29. The Bertz CT molecular complexity index is 1900. The smallest absolute Gasteiger partial charge is 0.220 e. The molecule has 0 bridgehead atoms. The van der Waals surface area contributed by atoms with E-state index in [1.807, 2.05) is 6.08 Å². The molecule has 0 aromatic rings. The molecule has 2 amide bonds. The number of carbonyl (C=O) groups excluding carboxylic acids is 2. The minimum atomic E-state index is -2.09. The number of ether oxygens (including phenoxy) is 8. The first-order chi connectivity index (χ1) is 44.0. The van der Waals surface area contributed by atoms with Gasteiger partial charge in [0, 0.05) is 13.3 Å². The SMILES string of the molecule is CCCCCCCCCCCCC/C=C/[C@@H](O)[C@H](CO[C@@H]1OC(CO)[C@@H](O[C@@H]2OC(CO)[C@H](O)[C@H](O[C@@H]3OC(CO)[C@H](O[C@@H]4OC(CO)[C@H](O)[C@H](O)C4O)[C@H](O)C3NC(C)=O)C2O)[C@H](O)C1O)NC(=O)CCCCCCCCCCCCCCCCCCCCC. The highest BCUT2D eigenvalue weighted by Gasteiger charge is 2.56. The van der Waals surface area contributed by atoms with Crippen molar-refractivity contribution in [2.75, 3.05) is 33.0 Å². The number of allylic oxidation sites excluding steroid dienone is 1. The molecule has 0 aliphatic carbocycles. The van der Waals surface area contributed by atoms with Crippen molar-refractivity contribution in [2.24, 2.45) is 0 Å². The quantitative estimate of drug-likeness (QED) is 0.0307. The Morgan fingerprint density at radius 2 is 0.813 bits per heavy atom. The summed E-state index contributed by atoms with van der Waals surface area (Å²) >= 11 is 0. The second-order valence-electron chi connectivity index (χ2n) is 25.7. The topological polar surface area (TPSA) is 395 Å². The van der Waals surface area contributed by atoms with Gasteiger partial charge < -0.3 is 115 Å². The Morgan fingerprint density at radius 3 is 1.27 bits per heavy atom. The zero-order valence-corrected chi connectivity index (χ0v) is 54.9. The molecule has 15 N–H and O–H groups in total. The fourth-order valence-electron chi connectivity index (χ4n) is 12.4. The maximum atomic E-state index is 13.5. The standard InChI is InChI=1S/C66H122N2O23/c1-4-6-8-10-12-14-16-18-19-20-21-22-23-25-27-29-31-33-35-37-50(75)68-44(45(74)36-34-32-30-28-26-24-17-15-13-11-9-7-5-2)42-84-64-58(82)56(80)61(49(41-72)88-64)90-66-59(83)62(53(77)47(39-70)86-66)91-63-51(67-43(3)73)54(78)60(48(40-71)87-63)89-65-57(81)55(79)52(76)46(38-69)85-65/h34,36,44-49,51-66,69-72,74,76-83H,4-33,35,37-42H2,1-3H3,(H,67,73)(H,68,75)/b36-34+/t44-,45+,46?,47?,48?,49?,51?,52-,53-,54+,55-,56+,57?,58?,59?,60-,61+,62-,63-,64+,65-,66-/m0/s1. The van der Waals surface area contributed by atoms with Crippen LogP contribution in [-0.2, 0) is 47.5 Å². The molecule has 91 heavy (non-hydrogen) atoms. The van der Waals surface area contributed by atoms with Crippen LogP contribution in [0.5, 0.6) is 0 Å². The second-order valence-corrected chi connectivity index (χ2v) is 25.7. The predicted octanol–water partition coefficient (Wildman–Crippen LogP) is 3.34. The molecule has 4 aliphatic rings. The van der Waals surface area contributed by atoms with E-state index in [1.165, 1.54) is 141 Å². The van der Waals surface area contributed by atoms with E-state index in [9.17, 15) is 76.0 Å². The summed E-state index contributed by atoms with van der Waals surface area (Å²) in [6.45, 7) is 1.61. The second kappa shape index (κ2) is 46.9. The van der Waals surface area contributed by atoms with E-state index in [0.717, 1.165) is 51.9 Å². The molecule has 4 saturated heterocycles. The number of aliphatic hydroxyl groups is 13. The summed E-state index contributed by atoms with van der Waals surface area (Å²) in [7, 11) is 0. The number of hydrogen-bond donors (Lipinski definition) is 15. The molecule has 0 aromatic carbocycles. The van der Waals surface area contributed by atoms with Gasteiger partial charge in [0.05, 0.1) is 45.2 Å². The van der Waals surface area contributed by atoms with Crippen molar-refractivity contribution in [3.05, 3.63) is 12.2 Å². The first-order valence-electron chi connectivity index (χ1n) is 34.9.